The molecule has 0 unspecified atom stereocenters. The van der Waals surface area contributed by atoms with Crippen LogP contribution in [0.2, 0.25) is 0 Å². The van der Waals surface area contributed by atoms with Crippen molar-refractivity contribution < 1.29 is 96.8 Å². The Morgan fingerprint density at radius 2 is 0.767 bits per heavy atom. The standard InChI is InChI=1S/C83H114N26O20/c1-44(69(116)99-57(27-29-65(86)111)75(122)109-64(81(128)129)40-67(88)113)98-76(123)59(34-45-14-4-2-5-15-45)106-77(124)61(36-47-23-25-50(110)26-24-47)104-73(120)56(22-13-33-95-83(91)92)102-79(126)62(37-48-41-96-53-19-9-8-18-51(48)53)107-78(125)60(35-46-16-6-3-7-17-46)105-74(121)58(28-30-66(87)112)103-71(118)54(20-10-11-31-84)101-80(127)63(38-49-42-93-43-97-49)108-72(119)55(21-12-32-94-82(89)90)100-70(117)52(85)39-68(114)115/h2-9,14-19,23-26,41-44,52,54-64,96,110H,10-13,20-22,27-40,84-85H2,1H3,(H2,86,111)(H2,87,112)(H2,88,113)(H,93,97)(H,98,123)(H,99,116)(H,100,117)(H,101,127)(H,102,126)(H,103,118)(H,104,120)(H,105,121)(H,106,124)(H,107,125)(H,108,119)(H,109,122)(H,114,115)(H,128,129)(H4,89,90,94)(H4,91,92,95)/t44-,52-,54-,55-,56-,57-,58-,59-,60-,61-,62-,63-,64-/m0/s1. The third-order valence-electron chi connectivity index (χ3n) is 20.1. The third-order valence-corrected chi connectivity index (χ3v) is 20.1. The molecule has 15 amide bonds. The number of phenols is 1. The molecule has 696 valence electrons. The van der Waals surface area contributed by atoms with Crippen LogP contribution < -0.4 is 115 Å². The zero-order valence-electron chi connectivity index (χ0n) is 70.7. The molecule has 0 fully saturated rings. The number of fused-ring (bicyclic) bond motifs is 1. The summed E-state index contributed by atoms with van der Waals surface area (Å²) in [5, 5.41) is 81.2. The number of primary amides is 3. The number of aromatic hydroxyl groups is 1. The number of hydrogen-bond acceptors (Lipinski definition) is 23. The van der Waals surface area contributed by atoms with Crippen molar-refractivity contribution in [3.05, 3.63) is 156 Å². The van der Waals surface area contributed by atoms with E-state index in [0.717, 1.165) is 0 Å². The molecule has 0 saturated carbocycles. The first-order valence-corrected chi connectivity index (χ1v) is 41.3. The van der Waals surface area contributed by atoms with Crippen molar-refractivity contribution in [3.63, 3.8) is 0 Å². The van der Waals surface area contributed by atoms with E-state index >= 15 is 24.0 Å². The number of aromatic nitrogens is 3. The van der Waals surface area contributed by atoms with E-state index in [1.807, 2.05) is 0 Å². The van der Waals surface area contributed by atoms with Crippen LogP contribution >= 0.6 is 0 Å². The quantitative estimate of drug-likeness (QED) is 0.00960. The van der Waals surface area contributed by atoms with Gasteiger partial charge in [0.05, 0.1) is 25.2 Å². The molecular formula is C83H114N26O20. The molecule has 0 aliphatic carbocycles. The highest BCUT2D eigenvalue weighted by Gasteiger charge is 2.39. The minimum Gasteiger partial charge on any atom is -0.508 e. The topological polar surface area (TPSA) is 794 Å². The maximum absolute atomic E-state index is 15.6. The highest BCUT2D eigenvalue weighted by atomic mass is 16.4. The normalized spacial score (nSPS) is 14.0. The average molecular weight is 1800 g/mol. The Hall–Kier alpha value is -15.1. The molecule has 46 heteroatoms. The predicted octanol–water partition coefficient (Wildman–Crippen LogP) is -6.10. The van der Waals surface area contributed by atoms with Gasteiger partial charge >= 0.3 is 11.9 Å². The number of para-hydroxylation sites is 1. The molecule has 0 aliphatic rings. The van der Waals surface area contributed by atoms with E-state index in [-0.39, 0.29) is 96.0 Å². The maximum Gasteiger partial charge on any atom is 0.326 e. The van der Waals surface area contributed by atoms with E-state index in [4.69, 9.17) is 51.0 Å². The average Bonchev–Trinajstić information content (AvgIpc) is 1.76. The Bertz CT molecular complexity index is 4870. The summed E-state index contributed by atoms with van der Waals surface area (Å²) in [4.78, 5) is 245. The first-order valence-electron chi connectivity index (χ1n) is 41.3. The van der Waals surface area contributed by atoms with Gasteiger partial charge in [0, 0.05) is 87.0 Å². The van der Waals surface area contributed by atoms with E-state index < -0.39 is 230 Å². The van der Waals surface area contributed by atoms with E-state index in [2.05, 4.69) is 89.4 Å². The second-order valence-corrected chi connectivity index (χ2v) is 30.5. The molecule has 2 heterocycles. The number of aromatic amines is 2. The van der Waals surface area contributed by atoms with Gasteiger partial charge < -0.3 is 140 Å². The Morgan fingerprint density at radius 3 is 1.18 bits per heavy atom. The van der Waals surface area contributed by atoms with Crippen LogP contribution in [0.25, 0.3) is 10.9 Å². The summed E-state index contributed by atoms with van der Waals surface area (Å²) in [6.07, 6.45) is -1.28. The number of hydrogen-bond donors (Lipinski definition) is 28. The summed E-state index contributed by atoms with van der Waals surface area (Å²) in [5.41, 5.74) is 41.6. The summed E-state index contributed by atoms with van der Waals surface area (Å²) in [6.45, 7) is 1.28. The first-order chi connectivity index (χ1) is 61.4. The minimum absolute atomic E-state index is 0.0292. The Morgan fingerprint density at radius 1 is 0.395 bits per heavy atom. The zero-order chi connectivity index (χ0) is 94.8. The Labute approximate surface area is 739 Å². The number of H-pyrrole nitrogens is 2. The number of unbranched alkanes of at least 4 members (excludes halogenated alkanes) is 1. The van der Waals surface area contributed by atoms with Crippen LogP contribution in [0, 0.1) is 10.8 Å². The molecule has 2 aromatic heterocycles. The number of guanidine groups is 2. The molecule has 0 bridgehead atoms. The highest BCUT2D eigenvalue weighted by Crippen LogP contribution is 2.21. The Kier molecular flexibility index (Phi) is 41.9. The van der Waals surface area contributed by atoms with Crippen molar-refractivity contribution >= 4 is 123 Å². The van der Waals surface area contributed by atoms with Crippen LogP contribution in [-0.2, 0) is 114 Å². The second-order valence-electron chi connectivity index (χ2n) is 30.5. The number of imidazole rings is 1. The fourth-order valence-corrected chi connectivity index (χ4v) is 13.3. The second kappa shape index (κ2) is 52.6. The SMILES string of the molecule is C[C@H](NC(=O)[C@H](Cc1ccccc1)NC(=O)[C@H](Cc1ccc(O)cc1)NC(=O)[C@H](CCCNC(=N)N)NC(=O)[C@H](Cc1c[nH]c2ccccc12)NC(=O)[C@H](Cc1ccccc1)NC(=O)[C@H](CCC(N)=O)NC(=O)[C@H](CCCCN)NC(=O)[C@H](Cc1cnc[nH]1)NC(=O)[C@H](CCCNC(=N)N)NC(=O)[C@@H](N)CC(=O)O)C(=O)N[C@@H](CCC(N)=O)C(=O)N[C@@H](CC(N)=O)C(=O)O. The number of carbonyl (C=O) groups is 17. The predicted molar refractivity (Wildman–Crippen MR) is 465 cm³/mol. The van der Waals surface area contributed by atoms with Gasteiger partial charge in [-0.05, 0) is 112 Å². The molecule has 6 rings (SSSR count). The summed E-state index contributed by atoms with van der Waals surface area (Å²) in [7, 11) is 0. The molecular weight excluding hydrogens is 1680 g/mol. The first kappa shape index (κ1) is 103. The number of benzene rings is 4. The van der Waals surface area contributed by atoms with Crippen molar-refractivity contribution in [3.8, 4) is 5.75 Å². The largest absolute Gasteiger partial charge is 0.508 e. The van der Waals surface area contributed by atoms with E-state index in [1.165, 1.54) is 43.7 Å². The molecule has 13 atom stereocenters. The van der Waals surface area contributed by atoms with Crippen molar-refractivity contribution in [2.75, 3.05) is 19.6 Å². The number of amides is 15. The van der Waals surface area contributed by atoms with Crippen LogP contribution in [0.4, 0.5) is 0 Å². The van der Waals surface area contributed by atoms with E-state index in [0.29, 0.717) is 45.3 Å². The van der Waals surface area contributed by atoms with Crippen LogP contribution in [-0.4, -0.2) is 241 Å². The van der Waals surface area contributed by atoms with Gasteiger partial charge in [0.1, 0.15) is 78.3 Å². The van der Waals surface area contributed by atoms with Gasteiger partial charge in [0.25, 0.3) is 0 Å². The van der Waals surface area contributed by atoms with Crippen molar-refractivity contribution in [1.82, 2.24) is 89.4 Å². The zero-order valence-corrected chi connectivity index (χ0v) is 70.7. The van der Waals surface area contributed by atoms with Crippen LogP contribution in [0.3, 0.4) is 0 Å². The van der Waals surface area contributed by atoms with E-state index in [1.54, 1.807) is 91.1 Å². The number of nitrogens with two attached hydrogens (primary N) is 7. The van der Waals surface area contributed by atoms with Crippen molar-refractivity contribution in [2.45, 2.75) is 201 Å². The molecule has 6 aromatic rings. The van der Waals surface area contributed by atoms with Gasteiger partial charge in [-0.2, -0.15) is 0 Å². The van der Waals surface area contributed by atoms with Gasteiger partial charge in [-0.15, -0.1) is 0 Å². The lowest BCUT2D eigenvalue weighted by molar-refractivity contribution is -0.144. The molecule has 129 heavy (non-hydrogen) atoms. The van der Waals surface area contributed by atoms with Crippen molar-refractivity contribution in [1.29, 1.82) is 10.8 Å². The number of carboxylic acid groups (broad SMARTS) is 2. The lowest BCUT2D eigenvalue weighted by atomic mass is 10.00. The lowest BCUT2D eigenvalue weighted by Crippen LogP contribution is -2.61. The number of phenolic OH excluding ortho intramolecular Hbond substituents is 1. The number of nitrogens with one attached hydrogen (secondary N) is 18. The molecule has 0 aliphatic heterocycles. The number of nitrogens with zero attached hydrogens (tertiary/aromatic N) is 1. The molecule has 0 spiro atoms. The molecule has 35 N–H and O–H groups in total. The number of carbonyl (C=O) groups excluding carboxylic acids is 15. The minimum atomic E-state index is -1.86. The fourth-order valence-electron chi connectivity index (χ4n) is 13.3. The highest BCUT2D eigenvalue weighted by molar-refractivity contribution is 6.01. The number of rotatable bonds is 57. The lowest BCUT2D eigenvalue weighted by Gasteiger charge is -2.29. The molecule has 0 radical (unpaired) electrons. The summed E-state index contributed by atoms with van der Waals surface area (Å²) in [6, 6.07) is 7.27. The Balaban J connectivity index is 1.34. The van der Waals surface area contributed by atoms with Gasteiger partial charge in [-0.3, -0.25) is 87.5 Å². The molecule has 46 nitrogen and oxygen atoms in total. The summed E-state index contributed by atoms with van der Waals surface area (Å²) < 4.78 is 0. The monoisotopic (exact) mass is 1790 g/mol. The molecule has 4 aromatic carbocycles. The van der Waals surface area contributed by atoms with E-state index in [9.17, 15) is 72.9 Å². The smallest absolute Gasteiger partial charge is 0.326 e. The molecule has 0 saturated heterocycles. The van der Waals surface area contributed by atoms with Crippen LogP contribution in [0.1, 0.15) is 118 Å². The maximum atomic E-state index is 15.6. The summed E-state index contributed by atoms with van der Waals surface area (Å²) in [5.74, 6) is -19.6. The third kappa shape index (κ3) is 36.5. The number of carboxylic acids is 2. The van der Waals surface area contributed by atoms with Gasteiger partial charge in [-0.25, -0.2) is 9.78 Å². The summed E-state index contributed by atoms with van der Waals surface area (Å²) >= 11 is 0. The van der Waals surface area contributed by atoms with Crippen LogP contribution in [0.5, 0.6) is 5.75 Å². The van der Waals surface area contributed by atoms with Crippen molar-refractivity contribution in [2.24, 2.45) is 40.1 Å². The van der Waals surface area contributed by atoms with Gasteiger partial charge in [0.2, 0.25) is 88.6 Å². The fraction of sp³-hybridized carbons (Fsp3) is 0.422. The van der Waals surface area contributed by atoms with Crippen LogP contribution in [0.15, 0.2) is 128 Å². The number of aliphatic carboxylic acids is 2. The van der Waals surface area contributed by atoms with Gasteiger partial charge in [0.15, 0.2) is 11.9 Å². The van der Waals surface area contributed by atoms with Gasteiger partial charge in [-0.1, -0.05) is 91.0 Å².